The number of carbonyl (C=O) groups is 1. The van der Waals surface area contributed by atoms with Crippen LogP contribution in [-0.4, -0.2) is 12.5 Å². The Morgan fingerprint density at radius 3 is 2.20 bits per heavy atom. The molecule has 1 rings (SSSR count). The molecule has 82 valence electrons. The van der Waals surface area contributed by atoms with Gasteiger partial charge in [0.25, 0.3) is 5.91 Å². The number of halogens is 3. The Labute approximate surface area is 83.6 Å². The number of primary amides is 1. The number of benzene rings is 1. The lowest BCUT2D eigenvalue weighted by Crippen LogP contribution is -2.20. The van der Waals surface area contributed by atoms with Crippen molar-refractivity contribution in [2.75, 3.05) is 6.61 Å². The van der Waals surface area contributed by atoms with E-state index in [0.29, 0.717) is 0 Å². The molecule has 0 bridgehead atoms. The van der Waals surface area contributed by atoms with Crippen LogP contribution in [-0.2, 0) is 11.0 Å². The highest BCUT2D eigenvalue weighted by molar-refractivity contribution is 5.75. The molecule has 1 aromatic carbocycles. The predicted molar refractivity (Wildman–Crippen MR) is 46.1 cm³/mol. The summed E-state index contributed by atoms with van der Waals surface area (Å²) in [6, 6.07) is 4.00. The Kier molecular flexibility index (Phi) is 3.18. The Morgan fingerprint density at radius 1 is 1.27 bits per heavy atom. The molecule has 0 aliphatic carbocycles. The fourth-order valence-electron chi connectivity index (χ4n) is 0.895. The van der Waals surface area contributed by atoms with Crippen LogP contribution >= 0.6 is 0 Å². The van der Waals surface area contributed by atoms with Gasteiger partial charge in [-0.25, -0.2) is 0 Å². The molecule has 0 aliphatic rings. The molecule has 1 aromatic rings. The van der Waals surface area contributed by atoms with Crippen molar-refractivity contribution in [1.82, 2.24) is 0 Å². The second-order valence-corrected chi connectivity index (χ2v) is 2.78. The minimum Gasteiger partial charge on any atom is -0.484 e. The van der Waals surface area contributed by atoms with E-state index in [1.54, 1.807) is 0 Å². The lowest BCUT2D eigenvalue weighted by molar-refractivity contribution is -0.137. The van der Waals surface area contributed by atoms with Crippen molar-refractivity contribution in [3.05, 3.63) is 29.8 Å². The van der Waals surface area contributed by atoms with Gasteiger partial charge in [0, 0.05) is 0 Å². The van der Waals surface area contributed by atoms with Crippen molar-refractivity contribution >= 4 is 5.91 Å². The van der Waals surface area contributed by atoms with Crippen molar-refractivity contribution < 1.29 is 22.7 Å². The highest BCUT2D eigenvalue weighted by Gasteiger charge is 2.29. The van der Waals surface area contributed by atoms with Gasteiger partial charge < -0.3 is 10.5 Å². The molecule has 2 N–H and O–H groups in total. The van der Waals surface area contributed by atoms with E-state index in [2.05, 4.69) is 0 Å². The molecule has 0 spiro atoms. The summed E-state index contributed by atoms with van der Waals surface area (Å²) in [5, 5.41) is 0. The van der Waals surface area contributed by atoms with Crippen molar-refractivity contribution in [2.24, 2.45) is 5.73 Å². The molecule has 0 atom stereocenters. The van der Waals surface area contributed by atoms with Gasteiger partial charge in [0.15, 0.2) is 6.61 Å². The quantitative estimate of drug-likeness (QED) is 0.838. The molecule has 3 nitrogen and oxygen atoms in total. The number of hydrogen-bond acceptors (Lipinski definition) is 2. The number of rotatable bonds is 3. The highest BCUT2D eigenvalue weighted by atomic mass is 19.4. The first-order valence-electron chi connectivity index (χ1n) is 3.98. The molecule has 0 heterocycles. The second-order valence-electron chi connectivity index (χ2n) is 2.78. The maximum absolute atomic E-state index is 12.1. The summed E-state index contributed by atoms with van der Waals surface area (Å²) < 4.78 is 41.1. The van der Waals surface area contributed by atoms with Gasteiger partial charge in [-0.1, -0.05) is 0 Å². The van der Waals surface area contributed by atoms with Gasteiger partial charge in [0.05, 0.1) is 5.56 Å². The van der Waals surface area contributed by atoms with E-state index in [9.17, 15) is 18.0 Å². The molecule has 0 saturated carbocycles. The number of amides is 1. The number of nitrogens with two attached hydrogens (primary N) is 1. The van der Waals surface area contributed by atoms with Gasteiger partial charge in [0.2, 0.25) is 0 Å². The van der Waals surface area contributed by atoms with Crippen LogP contribution in [0.5, 0.6) is 5.75 Å². The average molecular weight is 219 g/mol. The lowest BCUT2D eigenvalue weighted by atomic mass is 10.2. The SMILES string of the molecule is NC(=O)COc1ccc(C(F)(F)F)cc1. The second kappa shape index (κ2) is 4.20. The van der Waals surface area contributed by atoms with Crippen LogP contribution in [0.25, 0.3) is 0 Å². The van der Waals surface area contributed by atoms with Gasteiger partial charge in [0.1, 0.15) is 5.75 Å². The lowest BCUT2D eigenvalue weighted by Gasteiger charge is -2.07. The zero-order valence-electron chi connectivity index (χ0n) is 7.54. The van der Waals surface area contributed by atoms with Crippen molar-refractivity contribution in [2.45, 2.75) is 6.18 Å². The van der Waals surface area contributed by atoms with Gasteiger partial charge in [-0.05, 0) is 24.3 Å². The zero-order chi connectivity index (χ0) is 11.5. The topological polar surface area (TPSA) is 52.3 Å². The molecule has 1 amide bonds. The number of carbonyl (C=O) groups excluding carboxylic acids is 1. The molecule has 0 unspecified atom stereocenters. The first kappa shape index (κ1) is 11.4. The minimum absolute atomic E-state index is 0.168. The maximum Gasteiger partial charge on any atom is 0.416 e. The van der Waals surface area contributed by atoms with Crippen LogP contribution < -0.4 is 10.5 Å². The standard InChI is InChI=1S/C9H8F3NO2/c10-9(11,12)6-1-3-7(4-2-6)15-5-8(13)14/h1-4H,5H2,(H2,13,14). The van der Waals surface area contributed by atoms with E-state index in [1.165, 1.54) is 0 Å². The van der Waals surface area contributed by atoms with Gasteiger partial charge in [-0.15, -0.1) is 0 Å². The fraction of sp³-hybridized carbons (Fsp3) is 0.222. The number of alkyl halides is 3. The molecule has 0 radical (unpaired) electrons. The average Bonchev–Trinajstić information content (AvgIpc) is 2.14. The first-order chi connectivity index (χ1) is 6.89. The van der Waals surface area contributed by atoms with E-state index in [0.717, 1.165) is 24.3 Å². The molecular formula is C9H8F3NO2. The molecular weight excluding hydrogens is 211 g/mol. The Hall–Kier alpha value is -1.72. The predicted octanol–water partition coefficient (Wildman–Crippen LogP) is 1.57. The number of ether oxygens (including phenoxy) is 1. The molecule has 0 aliphatic heterocycles. The summed E-state index contributed by atoms with van der Waals surface area (Å²) >= 11 is 0. The van der Waals surface area contributed by atoms with E-state index in [-0.39, 0.29) is 12.4 Å². The van der Waals surface area contributed by atoms with E-state index >= 15 is 0 Å². The Morgan fingerprint density at radius 2 is 1.80 bits per heavy atom. The summed E-state index contributed by atoms with van der Waals surface area (Å²) in [5.41, 5.74) is 4.03. The van der Waals surface area contributed by atoms with Crippen LogP contribution in [0.15, 0.2) is 24.3 Å². The highest BCUT2D eigenvalue weighted by Crippen LogP contribution is 2.30. The van der Waals surface area contributed by atoms with Crippen LogP contribution in [0, 0.1) is 0 Å². The van der Waals surface area contributed by atoms with E-state index in [4.69, 9.17) is 10.5 Å². The normalized spacial score (nSPS) is 11.1. The largest absolute Gasteiger partial charge is 0.484 e. The summed E-state index contributed by atoms with van der Waals surface area (Å²) in [6.45, 7) is -0.356. The molecule has 0 aromatic heterocycles. The van der Waals surface area contributed by atoms with E-state index < -0.39 is 17.6 Å². The summed E-state index contributed by atoms with van der Waals surface area (Å²) in [6.07, 6.45) is -4.37. The maximum atomic E-state index is 12.1. The van der Waals surface area contributed by atoms with Crippen molar-refractivity contribution in [1.29, 1.82) is 0 Å². The zero-order valence-corrected chi connectivity index (χ0v) is 7.54. The molecule has 15 heavy (non-hydrogen) atoms. The van der Waals surface area contributed by atoms with Crippen LogP contribution in [0.3, 0.4) is 0 Å². The monoisotopic (exact) mass is 219 g/mol. The van der Waals surface area contributed by atoms with Crippen molar-refractivity contribution in [3.8, 4) is 5.75 Å². The van der Waals surface area contributed by atoms with Crippen LogP contribution in [0.2, 0.25) is 0 Å². The molecule has 0 saturated heterocycles. The van der Waals surface area contributed by atoms with Gasteiger partial charge in [-0.2, -0.15) is 13.2 Å². The van der Waals surface area contributed by atoms with Crippen molar-refractivity contribution in [3.63, 3.8) is 0 Å². The molecule has 6 heteroatoms. The number of hydrogen-bond donors (Lipinski definition) is 1. The Bertz CT molecular complexity index is 345. The smallest absolute Gasteiger partial charge is 0.416 e. The minimum atomic E-state index is -4.37. The summed E-state index contributed by atoms with van der Waals surface area (Å²) in [4.78, 5) is 10.3. The third kappa shape index (κ3) is 3.49. The van der Waals surface area contributed by atoms with Gasteiger partial charge in [-0.3, -0.25) is 4.79 Å². The van der Waals surface area contributed by atoms with Gasteiger partial charge >= 0.3 is 6.18 Å². The summed E-state index contributed by atoms with van der Waals surface area (Å²) in [5.74, 6) is -0.517. The Balaban J connectivity index is 2.69. The van der Waals surface area contributed by atoms with E-state index in [1.807, 2.05) is 0 Å². The third-order valence-electron chi connectivity index (χ3n) is 1.56. The fourth-order valence-corrected chi connectivity index (χ4v) is 0.895. The first-order valence-corrected chi connectivity index (χ1v) is 3.98. The third-order valence-corrected chi connectivity index (χ3v) is 1.56. The van der Waals surface area contributed by atoms with Crippen LogP contribution in [0.4, 0.5) is 13.2 Å². The summed E-state index contributed by atoms with van der Waals surface area (Å²) in [7, 11) is 0. The molecule has 0 fully saturated rings. The van der Waals surface area contributed by atoms with Crippen LogP contribution in [0.1, 0.15) is 5.56 Å².